The van der Waals surface area contributed by atoms with Gasteiger partial charge in [-0.3, -0.25) is 4.90 Å². The van der Waals surface area contributed by atoms with Crippen molar-refractivity contribution in [3.8, 4) is 0 Å². The SMILES string of the molecule is ClCc1csc(CN(C2CCCCC2)C2CCCCC2)n1. The van der Waals surface area contributed by atoms with Gasteiger partial charge < -0.3 is 0 Å². The van der Waals surface area contributed by atoms with Crippen LogP contribution in [-0.2, 0) is 12.4 Å². The van der Waals surface area contributed by atoms with Crippen LogP contribution in [0.2, 0.25) is 0 Å². The third-order valence-electron chi connectivity index (χ3n) is 5.14. The molecular formula is C17H27ClN2S. The number of aromatic nitrogens is 1. The molecule has 2 fully saturated rings. The second kappa shape index (κ2) is 7.94. The molecule has 0 bridgehead atoms. The smallest absolute Gasteiger partial charge is 0.107 e. The molecule has 0 atom stereocenters. The Kier molecular flexibility index (Phi) is 5.96. The highest BCUT2D eigenvalue weighted by Crippen LogP contribution is 2.31. The summed E-state index contributed by atoms with van der Waals surface area (Å²) in [5.74, 6) is 0.545. The average Bonchev–Trinajstić information content (AvgIpc) is 3.02. The summed E-state index contributed by atoms with van der Waals surface area (Å²) in [6.45, 7) is 1.05. The lowest BCUT2D eigenvalue weighted by molar-refractivity contribution is 0.0730. The predicted molar refractivity (Wildman–Crippen MR) is 91.0 cm³/mol. The van der Waals surface area contributed by atoms with Crippen LogP contribution >= 0.6 is 22.9 Å². The summed E-state index contributed by atoms with van der Waals surface area (Å²) < 4.78 is 0. The molecule has 2 aliphatic carbocycles. The minimum Gasteiger partial charge on any atom is -0.291 e. The van der Waals surface area contributed by atoms with Crippen LogP contribution in [0.1, 0.15) is 74.9 Å². The van der Waals surface area contributed by atoms with E-state index in [9.17, 15) is 0 Å². The summed E-state index contributed by atoms with van der Waals surface area (Å²) >= 11 is 7.70. The molecule has 1 aromatic heterocycles. The van der Waals surface area contributed by atoms with Crippen LogP contribution in [0.4, 0.5) is 0 Å². The van der Waals surface area contributed by atoms with Crippen molar-refractivity contribution in [3.63, 3.8) is 0 Å². The molecule has 0 unspecified atom stereocenters. The zero-order chi connectivity index (χ0) is 14.5. The van der Waals surface area contributed by atoms with Crippen LogP contribution in [0.5, 0.6) is 0 Å². The lowest BCUT2D eigenvalue weighted by atomic mass is 9.88. The first-order chi connectivity index (χ1) is 10.4. The fourth-order valence-corrected chi connectivity index (χ4v) is 5.05. The summed E-state index contributed by atoms with van der Waals surface area (Å²) in [5.41, 5.74) is 1.05. The van der Waals surface area contributed by atoms with Crippen molar-refractivity contribution >= 4 is 22.9 Å². The average molecular weight is 327 g/mol. The molecule has 0 spiro atoms. The molecule has 0 aromatic carbocycles. The first kappa shape index (κ1) is 15.8. The fourth-order valence-electron chi connectivity index (χ4n) is 4.02. The Hall–Kier alpha value is -0.120. The summed E-state index contributed by atoms with van der Waals surface area (Å²) in [7, 11) is 0. The van der Waals surface area contributed by atoms with Gasteiger partial charge in [-0.05, 0) is 25.7 Å². The van der Waals surface area contributed by atoms with Gasteiger partial charge in [-0.1, -0.05) is 38.5 Å². The molecule has 2 nitrogen and oxygen atoms in total. The maximum atomic E-state index is 5.90. The maximum Gasteiger partial charge on any atom is 0.107 e. The lowest BCUT2D eigenvalue weighted by Gasteiger charge is -2.41. The van der Waals surface area contributed by atoms with Crippen molar-refractivity contribution in [3.05, 3.63) is 16.1 Å². The van der Waals surface area contributed by atoms with Crippen LogP contribution in [0.3, 0.4) is 0 Å². The van der Waals surface area contributed by atoms with E-state index in [1.807, 2.05) is 0 Å². The second-order valence-electron chi connectivity index (χ2n) is 6.62. The Labute approximate surface area is 137 Å². The van der Waals surface area contributed by atoms with Crippen molar-refractivity contribution in [1.29, 1.82) is 0 Å². The molecule has 0 N–H and O–H groups in total. The molecule has 118 valence electrons. The quantitative estimate of drug-likeness (QED) is 0.678. The van der Waals surface area contributed by atoms with Crippen molar-refractivity contribution < 1.29 is 0 Å². The molecule has 21 heavy (non-hydrogen) atoms. The van der Waals surface area contributed by atoms with E-state index < -0.39 is 0 Å². The zero-order valence-electron chi connectivity index (χ0n) is 12.9. The van der Waals surface area contributed by atoms with Crippen LogP contribution in [0.25, 0.3) is 0 Å². The summed E-state index contributed by atoms with van der Waals surface area (Å²) in [5, 5.41) is 3.39. The largest absolute Gasteiger partial charge is 0.291 e. The van der Waals surface area contributed by atoms with Crippen molar-refractivity contribution in [1.82, 2.24) is 9.88 Å². The predicted octanol–water partition coefficient (Wildman–Crippen LogP) is 5.35. The van der Waals surface area contributed by atoms with E-state index in [4.69, 9.17) is 16.6 Å². The minimum atomic E-state index is 0.545. The van der Waals surface area contributed by atoms with Gasteiger partial charge in [-0.15, -0.1) is 22.9 Å². The molecule has 0 amide bonds. The Morgan fingerprint density at radius 2 is 1.57 bits per heavy atom. The van der Waals surface area contributed by atoms with E-state index in [0.29, 0.717) is 5.88 Å². The number of halogens is 1. The van der Waals surface area contributed by atoms with Crippen LogP contribution < -0.4 is 0 Å². The number of hydrogen-bond donors (Lipinski definition) is 0. The fraction of sp³-hybridized carbons (Fsp3) is 0.824. The van der Waals surface area contributed by atoms with Gasteiger partial charge in [0, 0.05) is 17.5 Å². The molecule has 1 heterocycles. The minimum absolute atomic E-state index is 0.545. The zero-order valence-corrected chi connectivity index (χ0v) is 14.5. The topological polar surface area (TPSA) is 16.1 Å². The van der Waals surface area contributed by atoms with Crippen LogP contribution in [0, 0.1) is 0 Å². The maximum absolute atomic E-state index is 5.90. The van der Waals surface area contributed by atoms with E-state index in [2.05, 4.69) is 10.3 Å². The van der Waals surface area contributed by atoms with Gasteiger partial charge >= 0.3 is 0 Å². The van der Waals surface area contributed by atoms with Crippen molar-refractivity contribution in [2.75, 3.05) is 0 Å². The molecule has 4 heteroatoms. The number of hydrogen-bond acceptors (Lipinski definition) is 3. The van der Waals surface area contributed by atoms with E-state index in [1.54, 1.807) is 11.3 Å². The first-order valence-corrected chi connectivity index (χ1v) is 10.0. The highest BCUT2D eigenvalue weighted by Gasteiger charge is 2.29. The number of rotatable bonds is 5. The monoisotopic (exact) mass is 326 g/mol. The van der Waals surface area contributed by atoms with Crippen molar-refractivity contribution in [2.45, 2.75) is 88.7 Å². The van der Waals surface area contributed by atoms with E-state index >= 15 is 0 Å². The van der Waals surface area contributed by atoms with Gasteiger partial charge in [0.25, 0.3) is 0 Å². The van der Waals surface area contributed by atoms with Gasteiger partial charge in [0.15, 0.2) is 0 Å². The summed E-state index contributed by atoms with van der Waals surface area (Å²) in [6.07, 6.45) is 14.1. The summed E-state index contributed by atoms with van der Waals surface area (Å²) in [4.78, 5) is 7.52. The van der Waals surface area contributed by atoms with Gasteiger partial charge in [0.2, 0.25) is 0 Å². The van der Waals surface area contributed by atoms with Gasteiger partial charge in [0.1, 0.15) is 5.01 Å². The third-order valence-corrected chi connectivity index (χ3v) is 6.30. The molecule has 0 radical (unpaired) electrons. The highest BCUT2D eigenvalue weighted by atomic mass is 35.5. The molecule has 1 aromatic rings. The Morgan fingerprint density at radius 3 is 2.05 bits per heavy atom. The molecular weight excluding hydrogens is 300 g/mol. The number of thiazole rings is 1. The standard InChI is InChI=1S/C17H27ClN2S/c18-11-14-13-21-17(19-14)12-20(15-7-3-1-4-8-15)16-9-5-2-6-10-16/h13,15-16H,1-12H2. The molecule has 2 aliphatic rings. The van der Waals surface area contributed by atoms with Gasteiger partial charge in [0.05, 0.1) is 18.1 Å². The van der Waals surface area contributed by atoms with E-state index in [1.165, 1.54) is 69.2 Å². The van der Waals surface area contributed by atoms with Gasteiger partial charge in [-0.2, -0.15) is 0 Å². The van der Waals surface area contributed by atoms with Crippen LogP contribution in [-0.4, -0.2) is 22.0 Å². The van der Waals surface area contributed by atoms with E-state index in [0.717, 1.165) is 24.3 Å². The first-order valence-electron chi connectivity index (χ1n) is 8.62. The lowest BCUT2D eigenvalue weighted by Crippen LogP contribution is -2.44. The van der Waals surface area contributed by atoms with E-state index in [-0.39, 0.29) is 0 Å². The second-order valence-corrected chi connectivity index (χ2v) is 7.83. The normalized spacial score (nSPS) is 22.0. The molecule has 0 saturated heterocycles. The summed E-state index contributed by atoms with van der Waals surface area (Å²) in [6, 6.07) is 1.59. The van der Waals surface area contributed by atoms with Crippen LogP contribution in [0.15, 0.2) is 5.38 Å². The molecule has 3 rings (SSSR count). The van der Waals surface area contributed by atoms with Crippen molar-refractivity contribution in [2.24, 2.45) is 0 Å². The third kappa shape index (κ3) is 4.20. The Bertz CT molecular complexity index is 404. The number of alkyl halides is 1. The Morgan fingerprint density at radius 1 is 1.00 bits per heavy atom. The van der Waals surface area contributed by atoms with Gasteiger partial charge in [-0.25, -0.2) is 4.98 Å². The Balaban J connectivity index is 1.70. The molecule has 0 aliphatic heterocycles. The highest BCUT2D eigenvalue weighted by molar-refractivity contribution is 7.09. The number of nitrogens with zero attached hydrogens (tertiary/aromatic N) is 2. The molecule has 2 saturated carbocycles.